The fourth-order valence-corrected chi connectivity index (χ4v) is 2.74. The van der Waals surface area contributed by atoms with Gasteiger partial charge in [0.1, 0.15) is 5.69 Å². The Morgan fingerprint density at radius 1 is 1.26 bits per heavy atom. The zero-order valence-electron chi connectivity index (χ0n) is 13.9. The Morgan fingerprint density at radius 2 is 2.00 bits per heavy atom. The molecule has 1 aromatic carbocycles. The molecule has 2 heterocycles. The van der Waals surface area contributed by atoms with Gasteiger partial charge in [0.15, 0.2) is 0 Å². The monoisotopic (exact) mass is 313 g/mol. The van der Waals surface area contributed by atoms with E-state index in [0.29, 0.717) is 6.54 Å². The molecule has 0 saturated carbocycles. The van der Waals surface area contributed by atoms with Gasteiger partial charge in [0.05, 0.1) is 12.2 Å². The van der Waals surface area contributed by atoms with Gasteiger partial charge in [0.2, 0.25) is 0 Å². The smallest absolute Gasteiger partial charge is 0.317 e. The van der Waals surface area contributed by atoms with E-state index in [-0.39, 0.29) is 17.6 Å². The molecule has 6 heteroatoms. The summed E-state index contributed by atoms with van der Waals surface area (Å²) in [6.45, 7) is 7.37. The zero-order valence-corrected chi connectivity index (χ0v) is 13.9. The van der Waals surface area contributed by atoms with Gasteiger partial charge in [0, 0.05) is 24.2 Å². The maximum atomic E-state index is 12.2. The highest BCUT2D eigenvalue weighted by atomic mass is 16.2. The number of benzene rings is 1. The van der Waals surface area contributed by atoms with Crippen molar-refractivity contribution in [2.45, 2.75) is 38.8 Å². The van der Waals surface area contributed by atoms with E-state index in [1.54, 1.807) is 0 Å². The lowest BCUT2D eigenvalue weighted by atomic mass is 10.1. The number of nitrogens with one attached hydrogen (secondary N) is 1. The molecule has 23 heavy (non-hydrogen) atoms. The van der Waals surface area contributed by atoms with Gasteiger partial charge in [-0.25, -0.2) is 9.48 Å². The molecule has 0 aliphatic carbocycles. The molecule has 1 saturated heterocycles. The maximum absolute atomic E-state index is 12.2. The first-order valence-electron chi connectivity index (χ1n) is 7.97. The normalized spacial score (nSPS) is 18.2. The van der Waals surface area contributed by atoms with E-state index in [1.165, 1.54) is 0 Å². The van der Waals surface area contributed by atoms with Crippen molar-refractivity contribution in [1.82, 2.24) is 25.2 Å². The second-order valence-electron chi connectivity index (χ2n) is 7.02. The van der Waals surface area contributed by atoms with Crippen LogP contribution in [0.25, 0.3) is 11.3 Å². The third kappa shape index (κ3) is 3.70. The Balaban J connectivity index is 1.66. The average molecular weight is 313 g/mol. The molecule has 0 bridgehead atoms. The van der Waals surface area contributed by atoms with Crippen molar-refractivity contribution in [3.8, 4) is 11.3 Å². The summed E-state index contributed by atoms with van der Waals surface area (Å²) in [7, 11) is 0. The van der Waals surface area contributed by atoms with Gasteiger partial charge in [-0.3, -0.25) is 0 Å². The van der Waals surface area contributed by atoms with Gasteiger partial charge in [-0.1, -0.05) is 35.5 Å². The van der Waals surface area contributed by atoms with E-state index >= 15 is 0 Å². The van der Waals surface area contributed by atoms with Gasteiger partial charge in [-0.15, -0.1) is 5.10 Å². The maximum Gasteiger partial charge on any atom is 0.317 e. The number of carbonyl (C=O) groups is 1. The first-order chi connectivity index (χ1) is 10.9. The molecule has 6 nitrogen and oxygen atoms in total. The summed E-state index contributed by atoms with van der Waals surface area (Å²) in [6, 6.07) is 10.2. The Morgan fingerprint density at radius 3 is 2.70 bits per heavy atom. The summed E-state index contributed by atoms with van der Waals surface area (Å²) < 4.78 is 1.88. The number of nitrogens with zero attached hydrogens (tertiary/aromatic N) is 4. The Kier molecular flexibility index (Phi) is 4.07. The van der Waals surface area contributed by atoms with E-state index in [4.69, 9.17) is 0 Å². The summed E-state index contributed by atoms with van der Waals surface area (Å²) in [5.74, 6) is 0. The van der Waals surface area contributed by atoms with Crippen LogP contribution in [0, 0.1) is 0 Å². The molecule has 1 fully saturated rings. The number of likely N-dealkylation sites (tertiary alicyclic amines) is 1. The SMILES string of the molecule is CC(C)(C)NC(=O)N1CCC(n2cc(-c3ccccc3)nn2)C1. The van der Waals surface area contributed by atoms with Gasteiger partial charge in [-0.05, 0) is 27.2 Å². The summed E-state index contributed by atoms with van der Waals surface area (Å²) >= 11 is 0. The van der Waals surface area contributed by atoms with E-state index in [9.17, 15) is 4.79 Å². The van der Waals surface area contributed by atoms with Crippen molar-refractivity contribution in [1.29, 1.82) is 0 Å². The number of hydrogen-bond acceptors (Lipinski definition) is 3. The molecule has 0 spiro atoms. The molecule has 2 amide bonds. The molecular weight excluding hydrogens is 290 g/mol. The minimum Gasteiger partial charge on any atom is -0.333 e. The van der Waals surface area contributed by atoms with Crippen LogP contribution in [-0.2, 0) is 0 Å². The molecule has 1 unspecified atom stereocenters. The lowest BCUT2D eigenvalue weighted by Crippen LogP contribution is -2.47. The van der Waals surface area contributed by atoms with Crippen LogP contribution in [0.5, 0.6) is 0 Å². The van der Waals surface area contributed by atoms with Gasteiger partial charge in [-0.2, -0.15) is 0 Å². The average Bonchev–Trinajstić information content (AvgIpc) is 3.16. The fraction of sp³-hybridized carbons (Fsp3) is 0.471. The van der Waals surface area contributed by atoms with Crippen molar-refractivity contribution in [3.05, 3.63) is 36.5 Å². The van der Waals surface area contributed by atoms with Crippen LogP contribution in [-0.4, -0.2) is 44.6 Å². The largest absolute Gasteiger partial charge is 0.333 e. The van der Waals surface area contributed by atoms with Crippen LogP contribution in [0.2, 0.25) is 0 Å². The number of rotatable bonds is 2. The van der Waals surface area contributed by atoms with Crippen molar-refractivity contribution < 1.29 is 4.79 Å². The van der Waals surface area contributed by atoms with Crippen molar-refractivity contribution in [2.75, 3.05) is 13.1 Å². The third-order valence-corrected chi connectivity index (χ3v) is 3.89. The number of urea groups is 1. The standard InChI is InChI=1S/C17H23N5O/c1-17(2,3)18-16(23)21-10-9-14(11-21)22-12-15(19-20-22)13-7-5-4-6-8-13/h4-8,12,14H,9-11H2,1-3H3,(H,18,23). The fourth-order valence-electron chi connectivity index (χ4n) is 2.74. The summed E-state index contributed by atoms with van der Waals surface area (Å²) in [4.78, 5) is 14.1. The molecule has 1 N–H and O–H groups in total. The highest BCUT2D eigenvalue weighted by molar-refractivity contribution is 5.75. The highest BCUT2D eigenvalue weighted by Crippen LogP contribution is 2.23. The van der Waals surface area contributed by atoms with Gasteiger partial charge in [0.25, 0.3) is 0 Å². The van der Waals surface area contributed by atoms with E-state index in [2.05, 4.69) is 15.6 Å². The van der Waals surface area contributed by atoms with Crippen LogP contribution in [0.15, 0.2) is 36.5 Å². The second-order valence-corrected chi connectivity index (χ2v) is 7.02. The lowest BCUT2D eigenvalue weighted by molar-refractivity contribution is 0.197. The first kappa shape index (κ1) is 15.5. The van der Waals surface area contributed by atoms with Gasteiger partial charge >= 0.3 is 6.03 Å². The lowest BCUT2D eigenvalue weighted by Gasteiger charge is -2.25. The minimum absolute atomic E-state index is 0.0107. The Bertz CT molecular complexity index is 674. The predicted molar refractivity (Wildman–Crippen MR) is 89.0 cm³/mol. The summed E-state index contributed by atoms with van der Waals surface area (Å²) in [6.07, 6.45) is 2.86. The molecule has 1 atom stereocenters. The van der Waals surface area contributed by atoms with Crippen molar-refractivity contribution in [2.24, 2.45) is 0 Å². The topological polar surface area (TPSA) is 63.1 Å². The third-order valence-electron chi connectivity index (χ3n) is 3.89. The summed E-state index contributed by atoms with van der Waals surface area (Å²) in [5, 5.41) is 11.5. The Hall–Kier alpha value is -2.37. The number of amides is 2. The first-order valence-corrected chi connectivity index (χ1v) is 7.97. The zero-order chi connectivity index (χ0) is 16.4. The van der Waals surface area contributed by atoms with E-state index < -0.39 is 0 Å². The molecule has 122 valence electrons. The molecular formula is C17H23N5O. The molecule has 1 aliphatic heterocycles. The molecule has 3 rings (SSSR count). The minimum atomic E-state index is -0.219. The molecule has 1 aromatic heterocycles. The van der Waals surface area contributed by atoms with E-state index in [0.717, 1.165) is 24.2 Å². The van der Waals surface area contributed by atoms with Crippen LogP contribution in [0.3, 0.4) is 0 Å². The van der Waals surface area contributed by atoms with Gasteiger partial charge < -0.3 is 10.2 Å². The van der Waals surface area contributed by atoms with Crippen molar-refractivity contribution in [3.63, 3.8) is 0 Å². The number of aromatic nitrogens is 3. The quantitative estimate of drug-likeness (QED) is 0.927. The van der Waals surface area contributed by atoms with Crippen LogP contribution in [0.4, 0.5) is 4.79 Å². The van der Waals surface area contributed by atoms with Crippen LogP contribution < -0.4 is 5.32 Å². The number of carbonyl (C=O) groups excluding carboxylic acids is 1. The summed E-state index contributed by atoms with van der Waals surface area (Å²) in [5.41, 5.74) is 1.70. The predicted octanol–water partition coefficient (Wildman–Crippen LogP) is 2.70. The van der Waals surface area contributed by atoms with E-state index in [1.807, 2.05) is 66.9 Å². The molecule has 1 aliphatic rings. The van der Waals surface area contributed by atoms with Crippen LogP contribution >= 0.6 is 0 Å². The highest BCUT2D eigenvalue weighted by Gasteiger charge is 2.29. The molecule has 2 aromatic rings. The molecule has 0 radical (unpaired) electrons. The van der Waals surface area contributed by atoms with Crippen LogP contribution in [0.1, 0.15) is 33.2 Å². The Labute approximate surface area is 136 Å². The van der Waals surface area contributed by atoms with Crippen molar-refractivity contribution >= 4 is 6.03 Å². The number of hydrogen-bond donors (Lipinski definition) is 1. The second kappa shape index (κ2) is 6.02.